The predicted octanol–water partition coefficient (Wildman–Crippen LogP) is 4.62. The van der Waals surface area contributed by atoms with E-state index in [1.165, 1.54) is 90.6 Å². The number of nitrogens with zero attached hydrogens (tertiary/aromatic N) is 2. The van der Waals surface area contributed by atoms with Gasteiger partial charge in [-0.15, -0.1) is 0 Å². The molecule has 0 aromatic carbocycles. The van der Waals surface area contributed by atoms with Crippen molar-refractivity contribution < 1.29 is 0 Å². The zero-order chi connectivity index (χ0) is 19.2. The molecule has 0 bridgehead atoms. The second kappa shape index (κ2) is 10.6. The fraction of sp³-hybridized carbons (Fsp3) is 1.00. The van der Waals surface area contributed by atoms with Crippen LogP contribution < -0.4 is 5.32 Å². The normalized spacial score (nSPS) is 31.4. The molecule has 0 aromatic heterocycles. The second-order valence-corrected chi connectivity index (χ2v) is 10.5. The van der Waals surface area contributed by atoms with Gasteiger partial charge >= 0.3 is 0 Å². The summed E-state index contributed by atoms with van der Waals surface area (Å²) in [6, 6.07) is 1.52. The Kier molecular flexibility index (Phi) is 8.47. The van der Waals surface area contributed by atoms with Crippen molar-refractivity contribution in [2.75, 3.05) is 39.3 Å². The number of hydrogen-bond acceptors (Lipinski definition) is 3. The minimum atomic E-state index is 0.734. The predicted molar refractivity (Wildman–Crippen MR) is 117 cm³/mol. The van der Waals surface area contributed by atoms with Gasteiger partial charge in [0.25, 0.3) is 0 Å². The maximum Gasteiger partial charge on any atom is 0.00671 e. The Morgan fingerprint density at radius 1 is 0.852 bits per heavy atom. The van der Waals surface area contributed by atoms with Crippen LogP contribution in [0, 0.1) is 23.7 Å². The summed E-state index contributed by atoms with van der Waals surface area (Å²) in [5.41, 5.74) is 0. The first-order valence-electron chi connectivity index (χ1n) is 12.2. The molecule has 3 aliphatic heterocycles. The molecule has 3 rings (SSSR count). The molecular weight excluding hydrogens is 330 g/mol. The van der Waals surface area contributed by atoms with Crippen molar-refractivity contribution in [3.05, 3.63) is 0 Å². The zero-order valence-corrected chi connectivity index (χ0v) is 18.8. The number of rotatable bonds is 8. The number of piperidine rings is 2. The lowest BCUT2D eigenvalue weighted by atomic mass is 9.78. The maximum atomic E-state index is 3.53. The van der Waals surface area contributed by atoms with E-state index in [1.54, 1.807) is 0 Å². The van der Waals surface area contributed by atoms with Crippen LogP contribution in [0.4, 0.5) is 0 Å². The van der Waals surface area contributed by atoms with E-state index in [0.717, 1.165) is 35.8 Å². The summed E-state index contributed by atoms with van der Waals surface area (Å²) in [5.74, 6) is 3.81. The molecule has 0 aliphatic carbocycles. The lowest BCUT2D eigenvalue weighted by Crippen LogP contribution is -2.42. The smallest absolute Gasteiger partial charge is 0.00671 e. The highest BCUT2D eigenvalue weighted by Gasteiger charge is 2.29. The van der Waals surface area contributed by atoms with E-state index in [9.17, 15) is 0 Å². The van der Waals surface area contributed by atoms with Gasteiger partial charge in [-0.3, -0.25) is 0 Å². The van der Waals surface area contributed by atoms with E-state index >= 15 is 0 Å². The van der Waals surface area contributed by atoms with Gasteiger partial charge in [-0.05, 0) is 122 Å². The molecule has 158 valence electrons. The fourth-order valence-corrected chi connectivity index (χ4v) is 6.05. The van der Waals surface area contributed by atoms with Crippen LogP contribution in [0.2, 0.25) is 0 Å². The quantitative estimate of drug-likeness (QED) is 0.666. The van der Waals surface area contributed by atoms with E-state index in [-0.39, 0.29) is 0 Å². The van der Waals surface area contributed by atoms with Crippen molar-refractivity contribution in [1.29, 1.82) is 0 Å². The fourth-order valence-electron chi connectivity index (χ4n) is 6.05. The first kappa shape index (κ1) is 21.6. The Bertz CT molecular complexity index is 418. The minimum Gasteiger partial charge on any atom is -0.317 e. The first-order chi connectivity index (χ1) is 13.0. The summed E-state index contributed by atoms with van der Waals surface area (Å²) < 4.78 is 0. The minimum absolute atomic E-state index is 0.734. The molecule has 3 nitrogen and oxygen atoms in total. The molecule has 3 heteroatoms. The Morgan fingerprint density at radius 3 is 2.30 bits per heavy atom. The molecule has 0 saturated carbocycles. The standard InChI is InChI=1S/C24H47N3/c1-19(2)26-15-11-22(17-26)8-7-21(4)27-14-5-6-23(18-27)16-20(3)24-9-12-25-13-10-24/h19-25H,5-18H2,1-4H3. The Hall–Kier alpha value is -0.120. The monoisotopic (exact) mass is 377 g/mol. The summed E-state index contributed by atoms with van der Waals surface area (Å²) >= 11 is 0. The average Bonchev–Trinajstić information content (AvgIpc) is 3.16. The Balaban J connectivity index is 1.38. The van der Waals surface area contributed by atoms with E-state index in [0.29, 0.717) is 0 Å². The zero-order valence-electron chi connectivity index (χ0n) is 18.8. The van der Waals surface area contributed by atoms with Gasteiger partial charge in [0.05, 0.1) is 0 Å². The number of likely N-dealkylation sites (tertiary alicyclic amines) is 2. The largest absolute Gasteiger partial charge is 0.317 e. The lowest BCUT2D eigenvalue weighted by Gasteiger charge is -2.39. The van der Waals surface area contributed by atoms with Crippen LogP contribution in [-0.4, -0.2) is 61.2 Å². The van der Waals surface area contributed by atoms with Gasteiger partial charge in [0.2, 0.25) is 0 Å². The van der Waals surface area contributed by atoms with Gasteiger partial charge in [-0.25, -0.2) is 0 Å². The molecule has 3 fully saturated rings. The molecule has 1 N–H and O–H groups in total. The van der Waals surface area contributed by atoms with Crippen molar-refractivity contribution >= 4 is 0 Å². The third kappa shape index (κ3) is 6.44. The van der Waals surface area contributed by atoms with Gasteiger partial charge < -0.3 is 15.1 Å². The molecular formula is C24H47N3. The molecule has 4 atom stereocenters. The van der Waals surface area contributed by atoms with Crippen LogP contribution in [-0.2, 0) is 0 Å². The summed E-state index contributed by atoms with van der Waals surface area (Å²) in [7, 11) is 0. The van der Waals surface area contributed by atoms with Crippen LogP contribution in [0.1, 0.15) is 79.1 Å². The summed E-state index contributed by atoms with van der Waals surface area (Å²) in [6.07, 6.45) is 11.5. The van der Waals surface area contributed by atoms with Crippen LogP contribution in [0.15, 0.2) is 0 Å². The van der Waals surface area contributed by atoms with Gasteiger partial charge in [-0.1, -0.05) is 6.92 Å². The SMILES string of the molecule is CC(CC1CCCN(C(C)CCC2CCN(C(C)C)C2)C1)C1CCNCC1. The highest BCUT2D eigenvalue weighted by molar-refractivity contribution is 4.83. The van der Waals surface area contributed by atoms with Crippen LogP contribution in [0.5, 0.6) is 0 Å². The van der Waals surface area contributed by atoms with E-state index < -0.39 is 0 Å². The van der Waals surface area contributed by atoms with Crippen molar-refractivity contribution in [3.8, 4) is 0 Å². The number of hydrogen-bond donors (Lipinski definition) is 1. The molecule has 3 aliphatic rings. The molecule has 0 spiro atoms. The van der Waals surface area contributed by atoms with Gasteiger partial charge in [0, 0.05) is 25.2 Å². The first-order valence-corrected chi connectivity index (χ1v) is 12.2. The third-order valence-corrected chi connectivity index (χ3v) is 8.11. The number of nitrogens with one attached hydrogen (secondary N) is 1. The van der Waals surface area contributed by atoms with Gasteiger partial charge in [-0.2, -0.15) is 0 Å². The molecule has 27 heavy (non-hydrogen) atoms. The highest BCUT2D eigenvalue weighted by atomic mass is 15.2. The van der Waals surface area contributed by atoms with E-state index in [1.807, 2.05) is 0 Å². The summed E-state index contributed by atoms with van der Waals surface area (Å²) in [5, 5.41) is 3.53. The topological polar surface area (TPSA) is 18.5 Å². The third-order valence-electron chi connectivity index (χ3n) is 8.11. The highest BCUT2D eigenvalue weighted by Crippen LogP contribution is 2.32. The Labute approximate surface area is 169 Å². The molecule has 4 unspecified atom stereocenters. The van der Waals surface area contributed by atoms with Crippen LogP contribution in [0.25, 0.3) is 0 Å². The average molecular weight is 378 g/mol. The van der Waals surface area contributed by atoms with Crippen molar-refractivity contribution in [2.24, 2.45) is 23.7 Å². The molecule has 0 radical (unpaired) electrons. The molecule has 0 aromatic rings. The Morgan fingerprint density at radius 2 is 1.59 bits per heavy atom. The maximum absolute atomic E-state index is 3.53. The second-order valence-electron chi connectivity index (χ2n) is 10.5. The van der Waals surface area contributed by atoms with E-state index in [2.05, 4.69) is 42.8 Å². The van der Waals surface area contributed by atoms with E-state index in [4.69, 9.17) is 0 Å². The molecule has 3 heterocycles. The van der Waals surface area contributed by atoms with Crippen molar-refractivity contribution in [3.63, 3.8) is 0 Å². The van der Waals surface area contributed by atoms with Crippen molar-refractivity contribution in [1.82, 2.24) is 15.1 Å². The molecule has 3 saturated heterocycles. The summed E-state index contributed by atoms with van der Waals surface area (Å²) in [4.78, 5) is 5.52. The van der Waals surface area contributed by atoms with Gasteiger partial charge in [0.1, 0.15) is 0 Å². The lowest BCUT2D eigenvalue weighted by molar-refractivity contribution is 0.101. The van der Waals surface area contributed by atoms with Crippen molar-refractivity contribution in [2.45, 2.75) is 91.1 Å². The summed E-state index contributed by atoms with van der Waals surface area (Å²) in [6.45, 7) is 17.6. The van der Waals surface area contributed by atoms with Gasteiger partial charge in [0.15, 0.2) is 0 Å². The van der Waals surface area contributed by atoms with Crippen LogP contribution >= 0.6 is 0 Å². The van der Waals surface area contributed by atoms with Crippen LogP contribution in [0.3, 0.4) is 0 Å². The molecule has 0 amide bonds.